The lowest BCUT2D eigenvalue weighted by Gasteiger charge is -2.32. The quantitative estimate of drug-likeness (QED) is 0.714. The molecule has 2 aromatic rings. The summed E-state index contributed by atoms with van der Waals surface area (Å²) in [5, 5.41) is 3.14. The number of unbranched alkanes of at least 4 members (excludes halogenated alkanes) is 1. The molecule has 0 aliphatic carbocycles. The SMILES string of the molecule is CCCCN1CCC(NC(=O)COc2ccccc2Cc2ccccc2)CC1. The molecule has 4 heteroatoms. The topological polar surface area (TPSA) is 41.6 Å². The van der Waals surface area contributed by atoms with Crippen LogP contribution in [0.25, 0.3) is 0 Å². The molecule has 0 unspecified atom stereocenters. The average molecular weight is 381 g/mol. The van der Waals surface area contributed by atoms with Crippen LogP contribution < -0.4 is 10.1 Å². The van der Waals surface area contributed by atoms with Crippen molar-refractivity contribution in [3.63, 3.8) is 0 Å². The lowest BCUT2D eigenvalue weighted by molar-refractivity contribution is -0.124. The summed E-state index contributed by atoms with van der Waals surface area (Å²) < 4.78 is 5.86. The predicted octanol–water partition coefficient (Wildman–Crippen LogP) is 4.04. The van der Waals surface area contributed by atoms with Crippen molar-refractivity contribution in [1.82, 2.24) is 10.2 Å². The number of ether oxygens (including phenoxy) is 1. The second kappa shape index (κ2) is 10.9. The van der Waals surface area contributed by atoms with E-state index in [2.05, 4.69) is 35.3 Å². The van der Waals surface area contributed by atoms with Gasteiger partial charge in [-0.1, -0.05) is 61.9 Å². The van der Waals surface area contributed by atoms with Gasteiger partial charge in [-0.05, 0) is 43.0 Å². The van der Waals surface area contributed by atoms with Crippen molar-refractivity contribution < 1.29 is 9.53 Å². The summed E-state index contributed by atoms with van der Waals surface area (Å²) >= 11 is 0. The molecule has 1 fully saturated rings. The summed E-state index contributed by atoms with van der Waals surface area (Å²) in [5.74, 6) is 0.761. The van der Waals surface area contributed by atoms with Crippen molar-refractivity contribution in [2.75, 3.05) is 26.2 Å². The average Bonchev–Trinajstić information content (AvgIpc) is 2.73. The van der Waals surface area contributed by atoms with E-state index >= 15 is 0 Å². The molecule has 4 nitrogen and oxygen atoms in total. The monoisotopic (exact) mass is 380 g/mol. The van der Waals surface area contributed by atoms with Gasteiger partial charge in [0.1, 0.15) is 5.75 Å². The Hall–Kier alpha value is -2.33. The molecule has 1 aliphatic heterocycles. The van der Waals surface area contributed by atoms with E-state index in [1.54, 1.807) is 0 Å². The Morgan fingerprint density at radius 1 is 1.07 bits per heavy atom. The van der Waals surface area contributed by atoms with Crippen LogP contribution in [-0.4, -0.2) is 43.1 Å². The largest absolute Gasteiger partial charge is 0.483 e. The highest BCUT2D eigenvalue weighted by atomic mass is 16.5. The molecule has 1 amide bonds. The number of nitrogens with zero attached hydrogens (tertiary/aromatic N) is 1. The van der Waals surface area contributed by atoms with E-state index in [1.807, 2.05) is 36.4 Å². The number of nitrogens with one attached hydrogen (secondary N) is 1. The molecular formula is C24H32N2O2. The molecule has 0 aromatic heterocycles. The number of likely N-dealkylation sites (tertiary alicyclic amines) is 1. The third kappa shape index (κ3) is 6.38. The summed E-state index contributed by atoms with van der Waals surface area (Å²) in [4.78, 5) is 14.9. The lowest BCUT2D eigenvalue weighted by atomic mass is 10.0. The standard InChI is InChI=1S/C24H32N2O2/c1-2-3-15-26-16-13-22(14-17-26)25-24(27)19-28-23-12-8-7-11-21(23)18-20-9-5-4-6-10-20/h4-12,22H,2-3,13-19H2,1H3,(H,25,27). The second-order valence-electron chi connectivity index (χ2n) is 7.60. The van der Waals surface area contributed by atoms with Gasteiger partial charge in [-0.25, -0.2) is 0 Å². The first-order valence-electron chi connectivity index (χ1n) is 10.5. The van der Waals surface area contributed by atoms with Crippen LogP contribution in [-0.2, 0) is 11.2 Å². The van der Waals surface area contributed by atoms with Crippen molar-refractivity contribution in [2.45, 2.75) is 45.1 Å². The Bertz CT molecular complexity index is 724. The highest BCUT2D eigenvalue weighted by Crippen LogP contribution is 2.21. The molecule has 150 valence electrons. The Labute approximate surface area is 168 Å². The number of hydrogen-bond acceptors (Lipinski definition) is 3. The van der Waals surface area contributed by atoms with Crippen LogP contribution >= 0.6 is 0 Å². The fourth-order valence-electron chi connectivity index (χ4n) is 3.70. The lowest BCUT2D eigenvalue weighted by Crippen LogP contribution is -2.46. The molecule has 1 aliphatic rings. The highest BCUT2D eigenvalue weighted by Gasteiger charge is 2.20. The molecule has 1 heterocycles. The molecule has 1 saturated heterocycles. The van der Waals surface area contributed by atoms with E-state index in [9.17, 15) is 4.79 Å². The number of carbonyl (C=O) groups is 1. The van der Waals surface area contributed by atoms with Crippen LogP contribution in [0.3, 0.4) is 0 Å². The van der Waals surface area contributed by atoms with Crippen molar-refractivity contribution in [3.8, 4) is 5.75 Å². The molecule has 0 radical (unpaired) electrons. The third-order valence-corrected chi connectivity index (χ3v) is 5.35. The highest BCUT2D eigenvalue weighted by molar-refractivity contribution is 5.77. The van der Waals surface area contributed by atoms with Gasteiger partial charge in [-0.15, -0.1) is 0 Å². The van der Waals surface area contributed by atoms with E-state index in [-0.39, 0.29) is 18.6 Å². The Morgan fingerprint density at radius 2 is 1.79 bits per heavy atom. The van der Waals surface area contributed by atoms with Gasteiger partial charge in [0.15, 0.2) is 6.61 Å². The number of para-hydroxylation sites is 1. The van der Waals surface area contributed by atoms with Gasteiger partial charge < -0.3 is 15.0 Å². The van der Waals surface area contributed by atoms with E-state index in [0.29, 0.717) is 0 Å². The van der Waals surface area contributed by atoms with Gasteiger partial charge in [-0.3, -0.25) is 4.79 Å². The van der Waals surface area contributed by atoms with Crippen LogP contribution in [0.4, 0.5) is 0 Å². The molecule has 3 rings (SSSR count). The van der Waals surface area contributed by atoms with Crippen LogP contribution in [0, 0.1) is 0 Å². The minimum Gasteiger partial charge on any atom is -0.483 e. The molecular weight excluding hydrogens is 348 g/mol. The smallest absolute Gasteiger partial charge is 0.258 e. The zero-order valence-corrected chi connectivity index (χ0v) is 16.9. The summed E-state index contributed by atoms with van der Waals surface area (Å²) in [7, 11) is 0. The van der Waals surface area contributed by atoms with Gasteiger partial charge in [-0.2, -0.15) is 0 Å². The Kier molecular flexibility index (Phi) is 7.92. The summed E-state index contributed by atoms with van der Waals surface area (Å²) in [6, 6.07) is 18.6. The van der Waals surface area contributed by atoms with E-state index in [1.165, 1.54) is 24.9 Å². The van der Waals surface area contributed by atoms with Gasteiger partial charge in [0.05, 0.1) is 0 Å². The Balaban J connectivity index is 1.45. The van der Waals surface area contributed by atoms with Crippen LogP contribution in [0.15, 0.2) is 54.6 Å². The van der Waals surface area contributed by atoms with Crippen LogP contribution in [0.5, 0.6) is 5.75 Å². The normalized spacial score (nSPS) is 15.3. The minimum atomic E-state index is -0.0264. The number of rotatable bonds is 9. The number of piperidine rings is 1. The second-order valence-corrected chi connectivity index (χ2v) is 7.60. The van der Waals surface area contributed by atoms with Crippen molar-refractivity contribution in [2.24, 2.45) is 0 Å². The first kappa shape index (κ1) is 20.4. The summed E-state index contributed by atoms with van der Waals surface area (Å²) in [6.07, 6.45) is 5.35. The molecule has 1 N–H and O–H groups in total. The zero-order valence-electron chi connectivity index (χ0n) is 16.9. The van der Waals surface area contributed by atoms with Gasteiger partial charge in [0.2, 0.25) is 0 Å². The summed E-state index contributed by atoms with van der Waals surface area (Å²) in [5.41, 5.74) is 2.34. The van der Waals surface area contributed by atoms with E-state index in [0.717, 1.165) is 43.7 Å². The fourth-order valence-corrected chi connectivity index (χ4v) is 3.70. The molecule has 0 atom stereocenters. The summed E-state index contributed by atoms with van der Waals surface area (Å²) in [6.45, 7) is 5.63. The molecule has 0 spiro atoms. The van der Waals surface area contributed by atoms with Gasteiger partial charge in [0.25, 0.3) is 5.91 Å². The maximum atomic E-state index is 12.4. The maximum absolute atomic E-state index is 12.4. The third-order valence-electron chi connectivity index (χ3n) is 5.35. The number of carbonyl (C=O) groups excluding carboxylic acids is 1. The Morgan fingerprint density at radius 3 is 2.54 bits per heavy atom. The zero-order chi connectivity index (χ0) is 19.6. The maximum Gasteiger partial charge on any atom is 0.258 e. The molecule has 0 bridgehead atoms. The van der Waals surface area contributed by atoms with Crippen LogP contribution in [0.2, 0.25) is 0 Å². The van der Waals surface area contributed by atoms with Crippen molar-refractivity contribution in [1.29, 1.82) is 0 Å². The van der Waals surface area contributed by atoms with Crippen LogP contribution in [0.1, 0.15) is 43.7 Å². The first-order chi connectivity index (χ1) is 13.7. The number of hydrogen-bond donors (Lipinski definition) is 1. The minimum absolute atomic E-state index is 0.0264. The number of amides is 1. The molecule has 0 saturated carbocycles. The molecule has 28 heavy (non-hydrogen) atoms. The van der Waals surface area contributed by atoms with Crippen molar-refractivity contribution >= 4 is 5.91 Å². The first-order valence-corrected chi connectivity index (χ1v) is 10.5. The predicted molar refractivity (Wildman–Crippen MR) is 114 cm³/mol. The van der Waals surface area contributed by atoms with Crippen molar-refractivity contribution in [3.05, 3.63) is 65.7 Å². The number of benzene rings is 2. The molecule has 2 aromatic carbocycles. The fraction of sp³-hybridized carbons (Fsp3) is 0.458. The van der Waals surface area contributed by atoms with Gasteiger partial charge >= 0.3 is 0 Å². The van der Waals surface area contributed by atoms with E-state index in [4.69, 9.17) is 4.74 Å². The van der Waals surface area contributed by atoms with Gasteiger partial charge in [0, 0.05) is 25.6 Å². The van der Waals surface area contributed by atoms with E-state index < -0.39 is 0 Å².